The minimum absolute atomic E-state index is 0.229. The summed E-state index contributed by atoms with van der Waals surface area (Å²) in [5.74, 6) is -1.26. The van der Waals surface area contributed by atoms with E-state index in [0.717, 1.165) is 22.6 Å². The molecule has 0 radical (unpaired) electrons. The van der Waals surface area contributed by atoms with Gasteiger partial charge in [0.05, 0.1) is 12.3 Å². The highest BCUT2D eigenvalue weighted by molar-refractivity contribution is 8.00. The van der Waals surface area contributed by atoms with Crippen molar-refractivity contribution in [1.29, 1.82) is 0 Å². The predicted octanol–water partition coefficient (Wildman–Crippen LogP) is 3.42. The number of fused-ring (bicyclic) bond motifs is 1. The molecule has 0 fully saturated rings. The zero-order valence-electron chi connectivity index (χ0n) is 14.5. The summed E-state index contributed by atoms with van der Waals surface area (Å²) in [7, 11) is 0. The van der Waals surface area contributed by atoms with E-state index in [1.165, 1.54) is 6.92 Å². The maximum Gasteiger partial charge on any atom is 0.322 e. The van der Waals surface area contributed by atoms with Crippen molar-refractivity contribution in [1.82, 2.24) is 9.97 Å². The average molecular weight is 356 g/mol. The van der Waals surface area contributed by atoms with Crippen molar-refractivity contribution in [2.75, 3.05) is 6.61 Å². The summed E-state index contributed by atoms with van der Waals surface area (Å²) in [5.41, 5.74) is 2.25. The van der Waals surface area contributed by atoms with Gasteiger partial charge in [-0.2, -0.15) is 0 Å². The number of benzene rings is 1. The van der Waals surface area contributed by atoms with Crippen LogP contribution in [0.25, 0.3) is 11.4 Å². The van der Waals surface area contributed by atoms with Gasteiger partial charge < -0.3 is 4.74 Å². The molecule has 6 heteroatoms. The van der Waals surface area contributed by atoms with Gasteiger partial charge in [0.1, 0.15) is 10.8 Å². The first-order valence-electron chi connectivity index (χ1n) is 8.31. The zero-order chi connectivity index (χ0) is 18.0. The maximum absolute atomic E-state index is 12.4. The SMILES string of the molecule is CCOC(=O)C(C(C)=O)c1nc(-c2ccccc2)nc2c1CC(C)S2. The van der Waals surface area contributed by atoms with Gasteiger partial charge in [0.25, 0.3) is 0 Å². The third-order valence-electron chi connectivity index (χ3n) is 4.04. The molecule has 1 aromatic heterocycles. The molecule has 1 aliphatic rings. The Morgan fingerprint density at radius 1 is 1.28 bits per heavy atom. The number of carbonyl (C=O) groups is 2. The number of carbonyl (C=O) groups excluding carboxylic acids is 2. The summed E-state index contributed by atoms with van der Waals surface area (Å²) >= 11 is 1.65. The lowest BCUT2D eigenvalue weighted by Crippen LogP contribution is -2.25. The van der Waals surface area contributed by atoms with E-state index >= 15 is 0 Å². The zero-order valence-corrected chi connectivity index (χ0v) is 15.3. The number of aromatic nitrogens is 2. The van der Waals surface area contributed by atoms with Crippen LogP contribution in [0.2, 0.25) is 0 Å². The summed E-state index contributed by atoms with van der Waals surface area (Å²) in [6, 6.07) is 9.58. The molecule has 25 heavy (non-hydrogen) atoms. The van der Waals surface area contributed by atoms with Crippen LogP contribution in [0.5, 0.6) is 0 Å². The van der Waals surface area contributed by atoms with Gasteiger partial charge in [-0.25, -0.2) is 9.97 Å². The van der Waals surface area contributed by atoms with E-state index in [-0.39, 0.29) is 12.4 Å². The fourth-order valence-corrected chi connectivity index (χ4v) is 4.04. The van der Waals surface area contributed by atoms with Crippen LogP contribution in [0.15, 0.2) is 35.4 Å². The number of ketones is 1. The Bertz CT molecular complexity index is 808. The first kappa shape index (κ1) is 17.6. The van der Waals surface area contributed by atoms with Crippen LogP contribution in [0.3, 0.4) is 0 Å². The van der Waals surface area contributed by atoms with E-state index in [0.29, 0.717) is 16.8 Å². The van der Waals surface area contributed by atoms with E-state index in [1.54, 1.807) is 18.7 Å². The third kappa shape index (κ3) is 3.58. The van der Waals surface area contributed by atoms with Crippen molar-refractivity contribution in [2.45, 2.75) is 43.4 Å². The van der Waals surface area contributed by atoms with Crippen LogP contribution < -0.4 is 0 Å². The molecule has 2 aromatic rings. The minimum atomic E-state index is -0.995. The number of Topliss-reactive ketones (excluding diaryl/α,β-unsaturated/α-hetero) is 1. The van der Waals surface area contributed by atoms with Gasteiger partial charge in [-0.1, -0.05) is 37.3 Å². The lowest BCUT2D eigenvalue weighted by Gasteiger charge is -2.16. The van der Waals surface area contributed by atoms with Gasteiger partial charge in [-0.05, 0) is 20.3 Å². The van der Waals surface area contributed by atoms with Crippen molar-refractivity contribution in [3.63, 3.8) is 0 Å². The molecule has 2 heterocycles. The number of esters is 1. The van der Waals surface area contributed by atoms with Gasteiger partial charge in [0.15, 0.2) is 11.7 Å². The number of hydrogen-bond acceptors (Lipinski definition) is 6. The Balaban J connectivity index is 2.15. The first-order chi connectivity index (χ1) is 12.0. The van der Waals surface area contributed by atoms with Gasteiger partial charge in [0.2, 0.25) is 0 Å². The van der Waals surface area contributed by atoms with Gasteiger partial charge in [0, 0.05) is 16.4 Å². The molecule has 0 N–H and O–H groups in total. The van der Waals surface area contributed by atoms with Crippen LogP contribution >= 0.6 is 11.8 Å². The van der Waals surface area contributed by atoms with E-state index in [9.17, 15) is 9.59 Å². The highest BCUT2D eigenvalue weighted by Gasteiger charge is 2.35. The molecular formula is C19H20N2O3S. The predicted molar refractivity (Wildman–Crippen MR) is 96.5 cm³/mol. The second-order valence-corrected chi connectivity index (χ2v) is 7.44. The Morgan fingerprint density at radius 2 is 2.00 bits per heavy atom. The molecule has 3 rings (SSSR count). The first-order valence-corrected chi connectivity index (χ1v) is 9.19. The highest BCUT2D eigenvalue weighted by atomic mass is 32.2. The number of thioether (sulfide) groups is 1. The number of nitrogens with zero attached hydrogens (tertiary/aromatic N) is 2. The summed E-state index contributed by atoms with van der Waals surface area (Å²) in [4.78, 5) is 33.9. The molecule has 130 valence electrons. The molecule has 0 amide bonds. The van der Waals surface area contributed by atoms with Crippen molar-refractivity contribution in [2.24, 2.45) is 0 Å². The lowest BCUT2D eigenvalue weighted by atomic mass is 9.95. The number of ether oxygens (including phenoxy) is 1. The molecule has 0 spiro atoms. The molecular weight excluding hydrogens is 336 g/mol. The van der Waals surface area contributed by atoms with E-state index in [4.69, 9.17) is 4.74 Å². The summed E-state index contributed by atoms with van der Waals surface area (Å²) in [5, 5.41) is 1.19. The molecule has 0 aliphatic carbocycles. The van der Waals surface area contributed by atoms with Gasteiger partial charge >= 0.3 is 5.97 Å². The molecule has 1 aliphatic heterocycles. The van der Waals surface area contributed by atoms with Crippen LogP contribution in [0.4, 0.5) is 0 Å². The Hall–Kier alpha value is -2.21. The van der Waals surface area contributed by atoms with Crippen LogP contribution in [0.1, 0.15) is 37.9 Å². The lowest BCUT2D eigenvalue weighted by molar-refractivity contribution is -0.147. The summed E-state index contributed by atoms with van der Waals surface area (Å²) < 4.78 is 5.12. The molecule has 0 bridgehead atoms. The second kappa shape index (κ2) is 7.35. The Kier molecular flexibility index (Phi) is 5.18. The fraction of sp³-hybridized carbons (Fsp3) is 0.368. The summed E-state index contributed by atoms with van der Waals surface area (Å²) in [6.45, 7) is 5.47. The van der Waals surface area contributed by atoms with Crippen molar-refractivity contribution in [3.8, 4) is 11.4 Å². The standard InChI is InChI=1S/C19H20N2O3S/c1-4-24-19(23)15(12(3)22)16-14-10-11(2)25-18(14)21-17(20-16)13-8-6-5-7-9-13/h5-9,11,15H,4,10H2,1-3H3. The van der Waals surface area contributed by atoms with Crippen LogP contribution in [-0.2, 0) is 20.7 Å². The topological polar surface area (TPSA) is 69.2 Å². The quantitative estimate of drug-likeness (QED) is 0.464. The molecule has 2 atom stereocenters. The van der Waals surface area contributed by atoms with E-state index in [2.05, 4.69) is 16.9 Å². The van der Waals surface area contributed by atoms with Crippen molar-refractivity contribution in [3.05, 3.63) is 41.6 Å². The van der Waals surface area contributed by atoms with E-state index < -0.39 is 11.9 Å². The highest BCUT2D eigenvalue weighted by Crippen LogP contribution is 2.40. The normalized spacial score (nSPS) is 17.0. The number of hydrogen-bond donors (Lipinski definition) is 0. The third-order valence-corrected chi connectivity index (χ3v) is 5.17. The molecule has 2 unspecified atom stereocenters. The van der Waals surface area contributed by atoms with Crippen LogP contribution in [-0.4, -0.2) is 33.6 Å². The minimum Gasteiger partial charge on any atom is -0.465 e. The maximum atomic E-state index is 12.4. The molecule has 0 saturated carbocycles. The molecule has 1 aromatic carbocycles. The van der Waals surface area contributed by atoms with Crippen molar-refractivity contribution >= 4 is 23.5 Å². The monoisotopic (exact) mass is 356 g/mol. The van der Waals surface area contributed by atoms with Crippen molar-refractivity contribution < 1.29 is 14.3 Å². The Labute approximate surface area is 151 Å². The van der Waals surface area contributed by atoms with Crippen LogP contribution in [0, 0.1) is 0 Å². The average Bonchev–Trinajstić information content (AvgIpc) is 2.96. The number of rotatable bonds is 5. The molecule has 5 nitrogen and oxygen atoms in total. The summed E-state index contributed by atoms with van der Waals surface area (Å²) in [6.07, 6.45) is 0.744. The largest absolute Gasteiger partial charge is 0.465 e. The second-order valence-electron chi connectivity index (χ2n) is 6.01. The van der Waals surface area contributed by atoms with Gasteiger partial charge in [-0.3, -0.25) is 9.59 Å². The molecule has 0 saturated heterocycles. The smallest absolute Gasteiger partial charge is 0.322 e. The Morgan fingerprint density at radius 3 is 2.64 bits per heavy atom. The van der Waals surface area contributed by atoms with Gasteiger partial charge in [-0.15, -0.1) is 11.8 Å². The van der Waals surface area contributed by atoms with E-state index in [1.807, 2.05) is 30.3 Å². The fourth-order valence-electron chi connectivity index (χ4n) is 2.94.